The van der Waals surface area contributed by atoms with Crippen LogP contribution in [-0.4, -0.2) is 30.5 Å². The Bertz CT molecular complexity index is 1040. The molecule has 1 aliphatic rings. The molecular weight excluding hydrogens is 448 g/mol. The fourth-order valence-corrected chi connectivity index (χ4v) is 3.69. The van der Waals surface area contributed by atoms with E-state index in [-0.39, 0.29) is 11.6 Å². The minimum Gasteiger partial charge on any atom is -0.497 e. The Morgan fingerprint density at radius 3 is 2.45 bits per heavy atom. The van der Waals surface area contributed by atoms with E-state index in [0.29, 0.717) is 53.4 Å². The summed E-state index contributed by atoms with van der Waals surface area (Å²) in [6, 6.07) is 12.1. The molecule has 0 spiro atoms. The van der Waals surface area contributed by atoms with E-state index < -0.39 is 17.0 Å². The van der Waals surface area contributed by atoms with Crippen LogP contribution in [0.4, 0.5) is 4.79 Å². The Labute approximate surface area is 196 Å². The van der Waals surface area contributed by atoms with Gasteiger partial charge in [0, 0.05) is 17.1 Å². The third-order valence-electron chi connectivity index (χ3n) is 5.26. The number of nitrogens with zero attached hydrogens (tertiary/aromatic N) is 1. The van der Waals surface area contributed by atoms with Crippen molar-refractivity contribution in [2.45, 2.75) is 31.7 Å². The number of carbonyl (C=O) groups excluding carboxylic acids is 2. The van der Waals surface area contributed by atoms with Crippen LogP contribution >= 0.6 is 11.6 Å². The summed E-state index contributed by atoms with van der Waals surface area (Å²) in [5.74, 6) is 0.505. The minimum absolute atomic E-state index is 0.0790. The summed E-state index contributed by atoms with van der Waals surface area (Å²) >= 11 is 5.91. The van der Waals surface area contributed by atoms with Crippen molar-refractivity contribution >= 4 is 23.5 Å². The van der Waals surface area contributed by atoms with Crippen molar-refractivity contribution in [1.29, 1.82) is 0 Å². The molecule has 0 fully saturated rings. The maximum Gasteiger partial charge on any atom is 0.320 e. The van der Waals surface area contributed by atoms with E-state index in [1.807, 2.05) is 0 Å². The number of halogens is 1. The first-order valence-electron chi connectivity index (χ1n) is 10.5. The molecule has 0 saturated carbocycles. The van der Waals surface area contributed by atoms with E-state index in [0.717, 1.165) is 6.42 Å². The number of urea groups is 1. The number of benzene rings is 2. The van der Waals surface area contributed by atoms with E-state index in [9.17, 15) is 19.7 Å². The van der Waals surface area contributed by atoms with Crippen LogP contribution < -0.4 is 20.7 Å². The smallest absolute Gasteiger partial charge is 0.320 e. The standard InChI is InChI=1S/C23H25ClN4O5/c1-33-18-12-8-16(9-13-18)22(29)25-14-4-2-3-5-19-21(28(31)32)20(27-23(30)26-19)15-6-10-17(24)11-7-15/h6-13,20H,2-5,14H2,1H3,(H,25,29)(H2,26,27,30)/t20-/m0/s1. The van der Waals surface area contributed by atoms with Crippen molar-refractivity contribution in [2.24, 2.45) is 0 Å². The summed E-state index contributed by atoms with van der Waals surface area (Å²) in [7, 11) is 1.56. The Hall–Kier alpha value is -3.59. The van der Waals surface area contributed by atoms with Gasteiger partial charge in [-0.05, 0) is 61.2 Å². The van der Waals surface area contributed by atoms with Crippen LogP contribution in [0.2, 0.25) is 5.02 Å². The fourth-order valence-electron chi connectivity index (χ4n) is 3.56. The zero-order valence-electron chi connectivity index (χ0n) is 18.1. The van der Waals surface area contributed by atoms with Crippen LogP contribution in [0, 0.1) is 10.1 Å². The summed E-state index contributed by atoms with van der Waals surface area (Å²) in [6.45, 7) is 0.479. The molecule has 1 heterocycles. The number of carbonyl (C=O) groups is 2. The number of unbranched alkanes of at least 4 members (excludes halogenated alkanes) is 2. The van der Waals surface area contributed by atoms with Crippen LogP contribution in [0.3, 0.4) is 0 Å². The van der Waals surface area contributed by atoms with Crippen molar-refractivity contribution in [3.05, 3.63) is 86.2 Å². The molecule has 0 aromatic heterocycles. The number of nitro groups is 1. The highest BCUT2D eigenvalue weighted by Crippen LogP contribution is 2.29. The lowest BCUT2D eigenvalue weighted by Crippen LogP contribution is -2.45. The second-order valence-electron chi connectivity index (χ2n) is 7.50. The van der Waals surface area contributed by atoms with Gasteiger partial charge in [-0.15, -0.1) is 0 Å². The maximum absolute atomic E-state index is 12.2. The number of allylic oxidation sites excluding steroid dienone is 1. The van der Waals surface area contributed by atoms with Crippen molar-refractivity contribution < 1.29 is 19.2 Å². The van der Waals surface area contributed by atoms with Crippen LogP contribution in [-0.2, 0) is 0 Å². The lowest BCUT2D eigenvalue weighted by molar-refractivity contribution is -0.433. The molecule has 0 saturated heterocycles. The van der Waals surface area contributed by atoms with Gasteiger partial charge < -0.3 is 20.7 Å². The predicted octanol–water partition coefficient (Wildman–Crippen LogP) is 4.18. The lowest BCUT2D eigenvalue weighted by Gasteiger charge is -2.25. The molecule has 9 nitrogen and oxygen atoms in total. The van der Waals surface area contributed by atoms with Crippen LogP contribution in [0.15, 0.2) is 59.9 Å². The normalized spacial score (nSPS) is 15.5. The van der Waals surface area contributed by atoms with Gasteiger partial charge in [-0.1, -0.05) is 30.2 Å². The predicted molar refractivity (Wildman–Crippen MR) is 124 cm³/mol. The zero-order valence-corrected chi connectivity index (χ0v) is 18.9. The van der Waals surface area contributed by atoms with Crippen molar-refractivity contribution in [1.82, 2.24) is 16.0 Å². The molecule has 0 unspecified atom stereocenters. The van der Waals surface area contributed by atoms with Crippen LogP contribution in [0.1, 0.15) is 47.6 Å². The van der Waals surface area contributed by atoms with Crippen LogP contribution in [0.5, 0.6) is 5.75 Å². The number of hydrogen-bond acceptors (Lipinski definition) is 5. The van der Waals surface area contributed by atoms with Gasteiger partial charge in [-0.25, -0.2) is 4.79 Å². The summed E-state index contributed by atoms with van der Waals surface area (Å²) in [6.07, 6.45) is 2.40. The Morgan fingerprint density at radius 1 is 1.12 bits per heavy atom. The summed E-state index contributed by atoms with van der Waals surface area (Å²) in [5.41, 5.74) is 1.35. The van der Waals surface area contributed by atoms with E-state index in [4.69, 9.17) is 16.3 Å². The molecule has 3 amide bonds. The topological polar surface area (TPSA) is 123 Å². The molecule has 2 aromatic rings. The average molecular weight is 473 g/mol. The second kappa shape index (κ2) is 11.3. The highest BCUT2D eigenvalue weighted by atomic mass is 35.5. The van der Waals surface area contributed by atoms with E-state index in [1.54, 1.807) is 55.6 Å². The third kappa shape index (κ3) is 6.45. The van der Waals surface area contributed by atoms with Gasteiger partial charge in [0.2, 0.25) is 0 Å². The molecule has 33 heavy (non-hydrogen) atoms. The fraction of sp³-hybridized carbons (Fsp3) is 0.304. The number of methoxy groups -OCH3 is 1. The van der Waals surface area contributed by atoms with Crippen LogP contribution in [0.25, 0.3) is 0 Å². The Morgan fingerprint density at radius 2 is 1.82 bits per heavy atom. The summed E-state index contributed by atoms with van der Waals surface area (Å²) in [4.78, 5) is 35.6. The van der Waals surface area contributed by atoms with Gasteiger partial charge in [0.25, 0.3) is 11.6 Å². The Balaban J connectivity index is 1.53. The molecule has 3 N–H and O–H groups in total. The highest BCUT2D eigenvalue weighted by Gasteiger charge is 2.36. The van der Waals surface area contributed by atoms with E-state index >= 15 is 0 Å². The molecule has 10 heteroatoms. The molecule has 1 atom stereocenters. The SMILES string of the molecule is COc1ccc(C(=O)NCCCCCC2=C([N+](=O)[O-])[C@H](c3ccc(Cl)cc3)NC(=O)N2)cc1. The quantitative estimate of drug-likeness (QED) is 0.272. The van der Waals surface area contributed by atoms with Crippen molar-refractivity contribution in [2.75, 3.05) is 13.7 Å². The molecule has 1 aliphatic heterocycles. The molecule has 174 valence electrons. The van der Waals surface area contributed by atoms with E-state index in [2.05, 4.69) is 16.0 Å². The first kappa shape index (κ1) is 24.1. The maximum atomic E-state index is 12.2. The number of ether oxygens (including phenoxy) is 1. The monoisotopic (exact) mass is 472 g/mol. The first-order chi connectivity index (χ1) is 15.9. The van der Waals surface area contributed by atoms with Gasteiger partial charge in [0.05, 0.1) is 17.7 Å². The molecule has 0 bridgehead atoms. The lowest BCUT2D eigenvalue weighted by atomic mass is 9.99. The number of nitrogens with one attached hydrogen (secondary N) is 3. The molecule has 0 radical (unpaired) electrons. The molecule has 0 aliphatic carbocycles. The Kier molecular flexibility index (Phi) is 8.26. The van der Waals surface area contributed by atoms with Gasteiger partial charge >= 0.3 is 6.03 Å². The first-order valence-corrected chi connectivity index (χ1v) is 10.9. The summed E-state index contributed by atoms with van der Waals surface area (Å²) in [5, 5.41) is 20.3. The minimum atomic E-state index is -0.857. The van der Waals surface area contributed by atoms with Crippen molar-refractivity contribution in [3.8, 4) is 5.75 Å². The zero-order chi connectivity index (χ0) is 23.8. The largest absolute Gasteiger partial charge is 0.497 e. The number of hydrogen-bond donors (Lipinski definition) is 3. The molecule has 2 aromatic carbocycles. The average Bonchev–Trinajstić information content (AvgIpc) is 2.81. The molecule has 3 rings (SSSR count). The molecular formula is C23H25ClN4O5. The highest BCUT2D eigenvalue weighted by molar-refractivity contribution is 6.30. The van der Waals surface area contributed by atoms with Crippen molar-refractivity contribution in [3.63, 3.8) is 0 Å². The number of rotatable bonds is 10. The summed E-state index contributed by atoms with van der Waals surface area (Å²) < 4.78 is 5.08. The van der Waals surface area contributed by atoms with Gasteiger partial charge in [-0.2, -0.15) is 0 Å². The van der Waals surface area contributed by atoms with Gasteiger partial charge in [-0.3, -0.25) is 14.9 Å². The second-order valence-corrected chi connectivity index (χ2v) is 7.94. The van der Waals surface area contributed by atoms with Gasteiger partial charge in [0.15, 0.2) is 0 Å². The number of amides is 3. The van der Waals surface area contributed by atoms with Gasteiger partial charge in [0.1, 0.15) is 11.8 Å². The third-order valence-corrected chi connectivity index (χ3v) is 5.52. The van der Waals surface area contributed by atoms with E-state index in [1.165, 1.54) is 0 Å².